The zero-order valence-corrected chi connectivity index (χ0v) is 18.4. The van der Waals surface area contributed by atoms with Crippen LogP contribution in [0.2, 0.25) is 0 Å². The van der Waals surface area contributed by atoms with Crippen LogP contribution in [0.15, 0.2) is 42.5 Å². The van der Waals surface area contributed by atoms with Crippen molar-refractivity contribution in [3.8, 4) is 5.75 Å². The lowest BCUT2D eigenvalue weighted by Gasteiger charge is -2.31. The summed E-state index contributed by atoms with van der Waals surface area (Å²) in [6.07, 6.45) is 0. The van der Waals surface area contributed by atoms with Crippen LogP contribution in [0, 0.1) is 13.8 Å². The Morgan fingerprint density at radius 1 is 1.10 bits per heavy atom. The van der Waals surface area contributed by atoms with Crippen molar-refractivity contribution >= 4 is 23.0 Å². The van der Waals surface area contributed by atoms with Gasteiger partial charge in [0.15, 0.2) is 5.11 Å². The molecule has 0 radical (unpaired) electrons. The topological polar surface area (TPSA) is 37.0 Å². The number of methoxy groups -OCH3 is 1. The summed E-state index contributed by atoms with van der Waals surface area (Å²) in [4.78, 5) is 4.67. The monoisotopic (exact) mass is 413 g/mol. The number of nitrogens with zero attached hydrogens (tertiary/aromatic N) is 2. The van der Waals surface area contributed by atoms with Gasteiger partial charge < -0.3 is 19.7 Å². The van der Waals surface area contributed by atoms with Crippen LogP contribution in [-0.4, -0.2) is 61.4 Å². The number of hydrogen-bond donors (Lipinski definition) is 1. The zero-order chi connectivity index (χ0) is 20.6. The fraction of sp³-hybridized carbons (Fsp3) is 0.435. The van der Waals surface area contributed by atoms with Crippen LogP contribution < -0.4 is 10.1 Å². The Labute approximate surface area is 179 Å². The van der Waals surface area contributed by atoms with Gasteiger partial charge in [-0.15, -0.1) is 0 Å². The molecule has 1 aliphatic heterocycles. The van der Waals surface area contributed by atoms with Gasteiger partial charge in [0, 0.05) is 38.4 Å². The minimum absolute atomic E-state index is 0.748. The van der Waals surface area contributed by atoms with Gasteiger partial charge in [-0.1, -0.05) is 18.2 Å². The molecule has 2 aromatic rings. The van der Waals surface area contributed by atoms with E-state index in [4.69, 9.17) is 21.7 Å². The Balaban J connectivity index is 1.68. The van der Waals surface area contributed by atoms with Crippen molar-refractivity contribution < 1.29 is 9.47 Å². The second kappa shape index (κ2) is 10.6. The van der Waals surface area contributed by atoms with Gasteiger partial charge in [-0.3, -0.25) is 4.90 Å². The molecule has 156 valence electrons. The number of ether oxygens (including phenoxy) is 2. The van der Waals surface area contributed by atoms with E-state index in [-0.39, 0.29) is 0 Å². The van der Waals surface area contributed by atoms with Gasteiger partial charge in [-0.2, -0.15) is 0 Å². The maximum Gasteiger partial charge on any atom is 0.173 e. The van der Waals surface area contributed by atoms with Crippen LogP contribution in [0.1, 0.15) is 16.7 Å². The standard InChI is InChI=1S/C23H31N3O2S/c1-18-4-7-21(16-19(18)2)24-23(29)26(11-10-25-12-14-28-15-13-25)17-20-5-8-22(27-3)9-6-20/h4-9,16H,10-15,17H2,1-3H3,(H,24,29). The Morgan fingerprint density at radius 2 is 1.83 bits per heavy atom. The van der Waals surface area contributed by atoms with E-state index in [1.807, 2.05) is 12.1 Å². The number of rotatable bonds is 7. The maximum absolute atomic E-state index is 5.80. The average Bonchev–Trinajstić information content (AvgIpc) is 2.75. The predicted octanol–water partition coefficient (Wildman–Crippen LogP) is 3.84. The highest BCUT2D eigenvalue weighted by Crippen LogP contribution is 2.17. The minimum atomic E-state index is 0.748. The molecule has 0 unspecified atom stereocenters. The summed E-state index contributed by atoms with van der Waals surface area (Å²) in [5.41, 5.74) is 4.78. The summed E-state index contributed by atoms with van der Waals surface area (Å²) in [5.74, 6) is 0.865. The van der Waals surface area contributed by atoms with Gasteiger partial charge in [-0.05, 0) is 67.0 Å². The molecular formula is C23H31N3O2S. The second-order valence-electron chi connectivity index (χ2n) is 7.45. The molecule has 1 heterocycles. The van der Waals surface area contributed by atoms with Gasteiger partial charge in [0.2, 0.25) is 0 Å². The first-order valence-electron chi connectivity index (χ1n) is 10.1. The molecule has 0 bridgehead atoms. The van der Waals surface area contributed by atoms with Crippen molar-refractivity contribution in [2.75, 3.05) is 51.8 Å². The molecule has 2 aromatic carbocycles. The number of hydrogen-bond acceptors (Lipinski definition) is 4. The fourth-order valence-electron chi connectivity index (χ4n) is 3.31. The highest BCUT2D eigenvalue weighted by Gasteiger charge is 2.15. The lowest BCUT2D eigenvalue weighted by Crippen LogP contribution is -2.43. The van der Waals surface area contributed by atoms with Crippen LogP contribution in [0.4, 0.5) is 5.69 Å². The predicted molar refractivity (Wildman–Crippen MR) is 123 cm³/mol. The van der Waals surface area contributed by atoms with Crippen molar-refractivity contribution in [1.82, 2.24) is 9.80 Å². The summed E-state index contributed by atoms with van der Waals surface area (Å²) < 4.78 is 10.7. The van der Waals surface area contributed by atoms with Gasteiger partial charge in [-0.25, -0.2) is 0 Å². The maximum atomic E-state index is 5.80. The third-order valence-corrected chi connectivity index (χ3v) is 5.73. The molecule has 0 atom stereocenters. The highest BCUT2D eigenvalue weighted by molar-refractivity contribution is 7.80. The first-order chi connectivity index (χ1) is 14.0. The van der Waals surface area contributed by atoms with E-state index in [9.17, 15) is 0 Å². The van der Waals surface area contributed by atoms with E-state index in [1.54, 1.807) is 7.11 Å². The third kappa shape index (κ3) is 6.42. The molecule has 1 fully saturated rings. The second-order valence-corrected chi connectivity index (χ2v) is 7.84. The summed E-state index contributed by atoms with van der Waals surface area (Å²) in [6.45, 7) is 10.4. The van der Waals surface area contributed by atoms with Crippen molar-refractivity contribution in [2.24, 2.45) is 0 Å². The number of anilines is 1. The minimum Gasteiger partial charge on any atom is -0.497 e. The van der Waals surface area contributed by atoms with E-state index in [0.29, 0.717) is 0 Å². The van der Waals surface area contributed by atoms with Crippen molar-refractivity contribution in [3.63, 3.8) is 0 Å². The molecule has 0 saturated carbocycles. The Kier molecular flexibility index (Phi) is 7.86. The molecule has 29 heavy (non-hydrogen) atoms. The van der Waals surface area contributed by atoms with Gasteiger partial charge in [0.25, 0.3) is 0 Å². The van der Waals surface area contributed by atoms with Crippen molar-refractivity contribution in [1.29, 1.82) is 0 Å². The molecule has 3 rings (SSSR count). The lowest BCUT2D eigenvalue weighted by atomic mass is 10.1. The number of nitrogens with one attached hydrogen (secondary N) is 1. The molecule has 0 aromatic heterocycles. The van der Waals surface area contributed by atoms with Crippen LogP contribution in [0.25, 0.3) is 0 Å². The Hall–Kier alpha value is -2.15. The van der Waals surface area contributed by atoms with E-state index in [2.05, 4.69) is 59.3 Å². The van der Waals surface area contributed by atoms with Crippen molar-refractivity contribution in [2.45, 2.75) is 20.4 Å². The fourth-order valence-corrected chi connectivity index (χ4v) is 3.59. The molecule has 1 aliphatic rings. The van der Waals surface area contributed by atoms with Crippen LogP contribution in [-0.2, 0) is 11.3 Å². The van der Waals surface area contributed by atoms with Crippen molar-refractivity contribution in [3.05, 3.63) is 59.2 Å². The summed E-state index contributed by atoms with van der Waals surface area (Å²) in [5, 5.41) is 4.18. The van der Waals surface area contributed by atoms with Gasteiger partial charge in [0.1, 0.15) is 5.75 Å². The molecule has 0 spiro atoms. The van der Waals surface area contributed by atoms with E-state index in [0.717, 1.165) is 62.5 Å². The number of thiocarbonyl (C=S) groups is 1. The summed E-state index contributed by atoms with van der Waals surface area (Å²) >= 11 is 5.80. The highest BCUT2D eigenvalue weighted by atomic mass is 32.1. The summed E-state index contributed by atoms with van der Waals surface area (Å²) in [7, 11) is 1.69. The smallest absolute Gasteiger partial charge is 0.173 e. The molecular weight excluding hydrogens is 382 g/mol. The largest absolute Gasteiger partial charge is 0.497 e. The first kappa shape index (κ1) is 21.6. The Morgan fingerprint density at radius 3 is 2.48 bits per heavy atom. The number of aryl methyl sites for hydroxylation is 2. The molecule has 6 heteroatoms. The third-order valence-electron chi connectivity index (χ3n) is 5.37. The molecule has 1 N–H and O–H groups in total. The van der Waals surface area contributed by atoms with E-state index >= 15 is 0 Å². The number of morpholine rings is 1. The lowest BCUT2D eigenvalue weighted by molar-refractivity contribution is 0.0358. The summed E-state index contributed by atoms with van der Waals surface area (Å²) in [6, 6.07) is 14.5. The van der Waals surface area contributed by atoms with Crippen LogP contribution in [0.5, 0.6) is 5.75 Å². The SMILES string of the molecule is COc1ccc(CN(CCN2CCOCC2)C(=S)Nc2ccc(C)c(C)c2)cc1. The van der Waals surface area contributed by atoms with Crippen LogP contribution in [0.3, 0.4) is 0 Å². The van der Waals surface area contributed by atoms with Crippen LogP contribution >= 0.6 is 12.2 Å². The van der Waals surface area contributed by atoms with Gasteiger partial charge >= 0.3 is 0 Å². The Bertz CT molecular complexity index is 804. The van der Waals surface area contributed by atoms with E-state index in [1.165, 1.54) is 16.7 Å². The molecule has 5 nitrogen and oxygen atoms in total. The van der Waals surface area contributed by atoms with E-state index < -0.39 is 0 Å². The molecule has 1 saturated heterocycles. The van der Waals surface area contributed by atoms with Gasteiger partial charge in [0.05, 0.1) is 20.3 Å². The average molecular weight is 414 g/mol. The molecule has 0 aliphatic carbocycles. The number of benzene rings is 2. The quantitative estimate of drug-likeness (QED) is 0.695. The first-order valence-corrected chi connectivity index (χ1v) is 10.5. The molecule has 0 amide bonds. The normalized spacial score (nSPS) is 14.4. The zero-order valence-electron chi connectivity index (χ0n) is 17.6.